The molecule has 0 aromatic carbocycles. The maximum atomic E-state index is 11.4. The lowest BCUT2D eigenvalue weighted by Gasteiger charge is -2.31. The Balaban J connectivity index is 0.00000196. The van der Waals surface area contributed by atoms with Gasteiger partial charge in [0, 0.05) is 20.9 Å². The van der Waals surface area contributed by atoms with Crippen LogP contribution in [0.5, 0.6) is 0 Å². The maximum Gasteiger partial charge on any atom is 0.222 e. The molecule has 0 aromatic rings. The molecule has 1 heterocycles. The van der Waals surface area contributed by atoms with Crippen molar-refractivity contribution >= 4 is 5.91 Å². The summed E-state index contributed by atoms with van der Waals surface area (Å²) in [4.78, 5) is 13.4. The van der Waals surface area contributed by atoms with Crippen LogP contribution in [0.15, 0.2) is 0 Å². The molecular formula is C11H24N2O. The van der Waals surface area contributed by atoms with Gasteiger partial charge in [-0.2, -0.15) is 0 Å². The minimum absolute atomic E-state index is 0. The van der Waals surface area contributed by atoms with Gasteiger partial charge < -0.3 is 10.2 Å². The molecule has 1 aliphatic rings. The van der Waals surface area contributed by atoms with Gasteiger partial charge in [0.05, 0.1) is 0 Å². The molecule has 1 N–H and O–H groups in total. The van der Waals surface area contributed by atoms with Gasteiger partial charge in [-0.25, -0.2) is 0 Å². The monoisotopic (exact) mass is 200 g/mol. The smallest absolute Gasteiger partial charge is 0.222 e. The maximum absolute atomic E-state index is 11.4. The second-order valence-corrected chi connectivity index (χ2v) is 3.99. The van der Waals surface area contributed by atoms with Crippen LogP contribution in [0.3, 0.4) is 0 Å². The summed E-state index contributed by atoms with van der Waals surface area (Å²) in [5.74, 6) is 1.09. The van der Waals surface area contributed by atoms with Crippen molar-refractivity contribution in [1.29, 1.82) is 0 Å². The molecule has 14 heavy (non-hydrogen) atoms. The molecule has 1 rings (SSSR count). The zero-order valence-electron chi connectivity index (χ0n) is 9.38. The molecular weight excluding hydrogens is 176 g/mol. The average Bonchev–Trinajstić information content (AvgIpc) is 2.26. The molecule has 84 valence electrons. The molecule has 0 spiro atoms. The lowest BCUT2D eigenvalue weighted by molar-refractivity contribution is -0.132. The molecule has 3 heteroatoms. The molecule has 0 bridgehead atoms. The van der Waals surface area contributed by atoms with Gasteiger partial charge in [-0.15, -0.1) is 0 Å². The third kappa shape index (κ3) is 3.29. The van der Waals surface area contributed by atoms with E-state index in [1.54, 1.807) is 0 Å². The number of carbonyl (C=O) groups excluding carboxylic acids is 1. The fourth-order valence-corrected chi connectivity index (χ4v) is 1.96. The van der Waals surface area contributed by atoms with Crippen molar-refractivity contribution in [3.63, 3.8) is 0 Å². The van der Waals surface area contributed by atoms with Crippen LogP contribution in [0.2, 0.25) is 0 Å². The summed E-state index contributed by atoms with van der Waals surface area (Å²) < 4.78 is 0. The molecule has 0 aromatic heterocycles. The van der Waals surface area contributed by atoms with Crippen molar-refractivity contribution in [3.05, 3.63) is 0 Å². The summed E-state index contributed by atoms with van der Waals surface area (Å²) >= 11 is 0. The fourth-order valence-electron chi connectivity index (χ4n) is 1.96. The Bertz CT molecular complexity index is 179. The molecule has 0 saturated carbocycles. The number of rotatable bonds is 4. The van der Waals surface area contributed by atoms with Gasteiger partial charge in [-0.05, 0) is 31.8 Å². The van der Waals surface area contributed by atoms with E-state index in [4.69, 9.17) is 0 Å². The zero-order valence-corrected chi connectivity index (χ0v) is 9.38. The van der Waals surface area contributed by atoms with Crippen LogP contribution in [-0.4, -0.2) is 37.0 Å². The van der Waals surface area contributed by atoms with Crippen molar-refractivity contribution in [2.24, 2.45) is 5.92 Å². The van der Waals surface area contributed by atoms with E-state index in [9.17, 15) is 4.79 Å². The summed E-state index contributed by atoms with van der Waals surface area (Å²) in [7, 11) is 0. The molecule has 1 amide bonds. The van der Waals surface area contributed by atoms with Crippen molar-refractivity contribution < 1.29 is 6.22 Å². The van der Waals surface area contributed by atoms with E-state index < -0.39 is 0 Å². The van der Waals surface area contributed by atoms with Gasteiger partial charge in [0.1, 0.15) is 0 Å². The predicted molar refractivity (Wildman–Crippen MR) is 60.3 cm³/mol. The zero-order chi connectivity index (χ0) is 10.4. The van der Waals surface area contributed by atoms with Crippen molar-refractivity contribution in [3.8, 4) is 0 Å². The molecule has 0 atom stereocenters. The summed E-state index contributed by atoms with van der Waals surface area (Å²) in [6.07, 6.45) is 2.98. The number of nitrogens with zero attached hydrogens (tertiary/aromatic N) is 1. The van der Waals surface area contributed by atoms with E-state index >= 15 is 0 Å². The quantitative estimate of drug-likeness (QED) is 0.745. The highest BCUT2D eigenvalue weighted by Crippen LogP contribution is 2.16. The van der Waals surface area contributed by atoms with Gasteiger partial charge in [-0.3, -0.25) is 4.79 Å². The number of hydrogen-bond acceptors (Lipinski definition) is 2. The summed E-state index contributed by atoms with van der Waals surface area (Å²) in [5, 5.41) is 3.37. The number of hydrogen-bond donors (Lipinski definition) is 1. The first kappa shape index (κ1) is 11.5. The number of piperidine rings is 1. The fraction of sp³-hybridized carbons (Fsp3) is 0.909. The van der Waals surface area contributed by atoms with Gasteiger partial charge in [0.2, 0.25) is 5.91 Å². The van der Waals surface area contributed by atoms with Crippen LogP contribution in [0, 0.1) is 5.92 Å². The molecule has 0 radical (unpaired) electrons. The van der Waals surface area contributed by atoms with Crippen LogP contribution >= 0.6 is 0 Å². The molecule has 1 aliphatic heterocycles. The minimum Gasteiger partial charge on any atom is -0.343 e. The first-order valence-corrected chi connectivity index (χ1v) is 5.76. The first-order chi connectivity index (χ1) is 6.77. The molecule has 0 unspecified atom stereocenters. The van der Waals surface area contributed by atoms with E-state index in [0.29, 0.717) is 12.3 Å². The molecule has 3 nitrogen and oxygen atoms in total. The highest BCUT2D eigenvalue weighted by Gasteiger charge is 2.20. The molecule has 1 fully saturated rings. The van der Waals surface area contributed by atoms with Crippen LogP contribution in [0.25, 0.3) is 0 Å². The Morgan fingerprint density at radius 3 is 2.57 bits per heavy atom. The SMILES string of the molecule is CCNCC1CCN(C(=O)CC)CC1.[HH]. The number of amides is 1. The summed E-state index contributed by atoms with van der Waals surface area (Å²) in [6, 6.07) is 0. The Morgan fingerprint density at radius 1 is 1.43 bits per heavy atom. The number of carbonyl (C=O) groups is 1. The molecule has 0 aliphatic carbocycles. The second-order valence-electron chi connectivity index (χ2n) is 3.99. The van der Waals surface area contributed by atoms with E-state index in [0.717, 1.165) is 32.1 Å². The Kier molecular flexibility index (Phi) is 4.94. The Hall–Kier alpha value is -0.570. The molecule has 1 saturated heterocycles. The third-order valence-electron chi connectivity index (χ3n) is 2.95. The summed E-state index contributed by atoms with van der Waals surface area (Å²) in [6.45, 7) is 8.16. The average molecular weight is 200 g/mol. The van der Waals surface area contributed by atoms with Crippen LogP contribution in [0.1, 0.15) is 34.5 Å². The normalized spacial score (nSPS) is 18.6. The highest BCUT2D eigenvalue weighted by atomic mass is 16.2. The van der Waals surface area contributed by atoms with Crippen LogP contribution < -0.4 is 5.32 Å². The van der Waals surface area contributed by atoms with Crippen LogP contribution in [0.4, 0.5) is 0 Å². The number of nitrogens with one attached hydrogen (secondary N) is 1. The van der Waals surface area contributed by atoms with Gasteiger partial charge in [0.15, 0.2) is 0 Å². The topological polar surface area (TPSA) is 32.3 Å². The van der Waals surface area contributed by atoms with Crippen molar-refractivity contribution in [2.45, 2.75) is 33.1 Å². The second kappa shape index (κ2) is 6.02. The van der Waals surface area contributed by atoms with E-state index in [1.807, 2.05) is 11.8 Å². The van der Waals surface area contributed by atoms with Gasteiger partial charge in [-0.1, -0.05) is 13.8 Å². The lowest BCUT2D eigenvalue weighted by Crippen LogP contribution is -2.40. The summed E-state index contributed by atoms with van der Waals surface area (Å²) in [5.41, 5.74) is 0. The van der Waals surface area contributed by atoms with E-state index in [1.165, 1.54) is 12.8 Å². The third-order valence-corrected chi connectivity index (χ3v) is 2.95. The van der Waals surface area contributed by atoms with Crippen LogP contribution in [-0.2, 0) is 4.79 Å². The van der Waals surface area contributed by atoms with Crippen molar-refractivity contribution in [2.75, 3.05) is 26.2 Å². The van der Waals surface area contributed by atoms with Gasteiger partial charge >= 0.3 is 0 Å². The standard InChI is InChI=1S/C11H22N2O.H2/c1-3-11(14)13-7-5-10(6-8-13)9-12-4-2;/h10,12H,3-9H2,1-2H3;1H. The Morgan fingerprint density at radius 2 is 2.07 bits per heavy atom. The van der Waals surface area contributed by atoms with E-state index in [2.05, 4.69) is 12.2 Å². The number of likely N-dealkylation sites (tertiary alicyclic amines) is 1. The van der Waals surface area contributed by atoms with Gasteiger partial charge in [0.25, 0.3) is 0 Å². The Labute approximate surface area is 88.3 Å². The predicted octanol–water partition coefficient (Wildman–Crippen LogP) is 1.49. The largest absolute Gasteiger partial charge is 0.343 e. The van der Waals surface area contributed by atoms with Crippen molar-refractivity contribution in [1.82, 2.24) is 10.2 Å². The highest BCUT2D eigenvalue weighted by molar-refractivity contribution is 5.75. The van der Waals surface area contributed by atoms with E-state index in [-0.39, 0.29) is 1.43 Å². The lowest BCUT2D eigenvalue weighted by atomic mass is 9.96. The first-order valence-electron chi connectivity index (χ1n) is 5.76. The minimum atomic E-state index is 0.